The molecule has 0 aliphatic carbocycles. The average Bonchev–Trinajstić information content (AvgIpc) is 2.37. The first-order valence-electron chi connectivity index (χ1n) is 6.48. The molecule has 1 aromatic rings. The number of hydrogen-bond acceptors (Lipinski definition) is 3. The van der Waals surface area contributed by atoms with Crippen LogP contribution in [0.25, 0.3) is 0 Å². The first-order chi connectivity index (χ1) is 8.42. The van der Waals surface area contributed by atoms with Crippen molar-refractivity contribution in [1.82, 2.24) is 0 Å². The molecular formula is C14H23NO2S. The van der Waals surface area contributed by atoms with Crippen LogP contribution in [0.15, 0.2) is 24.3 Å². The van der Waals surface area contributed by atoms with E-state index in [1.807, 2.05) is 31.2 Å². The highest BCUT2D eigenvalue weighted by molar-refractivity contribution is 7.92. The predicted octanol–water partition coefficient (Wildman–Crippen LogP) is 2.46. The molecule has 4 heteroatoms. The minimum absolute atomic E-state index is 0.203. The summed E-state index contributed by atoms with van der Waals surface area (Å²) in [7, 11) is -3.10. The van der Waals surface area contributed by atoms with Gasteiger partial charge in [-0.05, 0) is 30.9 Å². The Morgan fingerprint density at radius 2 is 1.72 bits per heavy atom. The minimum atomic E-state index is -3.10. The van der Waals surface area contributed by atoms with Crippen molar-refractivity contribution >= 4 is 9.84 Å². The molecule has 3 nitrogen and oxygen atoms in total. The Morgan fingerprint density at radius 3 is 2.17 bits per heavy atom. The lowest BCUT2D eigenvalue weighted by atomic mass is 10.0. The van der Waals surface area contributed by atoms with Crippen LogP contribution in [0.5, 0.6) is 0 Å². The molecule has 0 aliphatic rings. The summed E-state index contributed by atoms with van der Waals surface area (Å²) in [6, 6.07) is 7.43. The summed E-state index contributed by atoms with van der Waals surface area (Å²) in [6.45, 7) is 5.65. The van der Waals surface area contributed by atoms with E-state index in [-0.39, 0.29) is 5.75 Å². The third kappa shape index (κ3) is 3.56. The quantitative estimate of drug-likeness (QED) is 0.863. The Kier molecular flexibility index (Phi) is 5.35. The summed E-state index contributed by atoms with van der Waals surface area (Å²) in [6.07, 6.45) is 1.60. The van der Waals surface area contributed by atoms with Gasteiger partial charge in [0, 0.05) is 6.04 Å². The lowest BCUT2D eigenvalue weighted by Gasteiger charge is -2.20. The van der Waals surface area contributed by atoms with E-state index in [9.17, 15) is 8.42 Å². The zero-order valence-corrected chi connectivity index (χ0v) is 12.2. The summed E-state index contributed by atoms with van der Waals surface area (Å²) in [5.74, 6) is 0.203. The summed E-state index contributed by atoms with van der Waals surface area (Å²) < 4.78 is 24.0. The molecule has 0 saturated carbocycles. The van der Waals surface area contributed by atoms with Crippen LogP contribution >= 0.6 is 0 Å². The van der Waals surface area contributed by atoms with Crippen molar-refractivity contribution in [2.75, 3.05) is 5.75 Å². The van der Waals surface area contributed by atoms with E-state index in [4.69, 9.17) is 5.73 Å². The van der Waals surface area contributed by atoms with E-state index in [0.717, 1.165) is 12.0 Å². The molecule has 0 aromatic heterocycles. The van der Waals surface area contributed by atoms with Crippen LogP contribution in [0.3, 0.4) is 0 Å². The maximum Gasteiger partial charge on any atom is 0.154 e. The molecule has 2 unspecified atom stereocenters. The standard InChI is InChI=1S/C14H23NO2S/c1-4-10-18(16,17)11(3)14(15)13-8-6-12(5-2)7-9-13/h6-9,11,14H,4-5,10,15H2,1-3H3. The highest BCUT2D eigenvalue weighted by Crippen LogP contribution is 2.21. The van der Waals surface area contributed by atoms with Crippen molar-refractivity contribution in [1.29, 1.82) is 0 Å². The number of benzene rings is 1. The van der Waals surface area contributed by atoms with E-state index >= 15 is 0 Å². The van der Waals surface area contributed by atoms with Gasteiger partial charge in [-0.3, -0.25) is 0 Å². The van der Waals surface area contributed by atoms with Gasteiger partial charge in [-0.15, -0.1) is 0 Å². The van der Waals surface area contributed by atoms with Crippen LogP contribution in [-0.2, 0) is 16.3 Å². The van der Waals surface area contributed by atoms with E-state index in [1.165, 1.54) is 5.56 Å². The number of aryl methyl sites for hydroxylation is 1. The van der Waals surface area contributed by atoms with Gasteiger partial charge in [0.2, 0.25) is 0 Å². The number of rotatable bonds is 6. The fourth-order valence-electron chi connectivity index (χ4n) is 1.94. The molecule has 102 valence electrons. The van der Waals surface area contributed by atoms with Crippen LogP contribution in [-0.4, -0.2) is 19.4 Å². The lowest BCUT2D eigenvalue weighted by molar-refractivity contribution is 0.563. The fourth-order valence-corrected chi connectivity index (χ4v) is 3.49. The normalized spacial score (nSPS) is 15.3. The first kappa shape index (κ1) is 15.2. The molecule has 0 bridgehead atoms. The summed E-state index contributed by atoms with van der Waals surface area (Å²) >= 11 is 0. The highest BCUT2D eigenvalue weighted by Gasteiger charge is 2.27. The molecule has 0 heterocycles. The Bertz CT molecular complexity index is 465. The second-order valence-electron chi connectivity index (χ2n) is 4.69. The number of sulfone groups is 1. The Morgan fingerprint density at radius 1 is 1.17 bits per heavy atom. The molecule has 1 aromatic carbocycles. The molecule has 1 rings (SSSR count). The Hall–Kier alpha value is -0.870. The molecule has 0 aliphatic heterocycles. The number of nitrogens with two attached hydrogens (primary N) is 1. The van der Waals surface area contributed by atoms with Gasteiger partial charge in [0.05, 0.1) is 11.0 Å². The fraction of sp³-hybridized carbons (Fsp3) is 0.571. The molecule has 0 saturated heterocycles. The average molecular weight is 269 g/mol. The highest BCUT2D eigenvalue weighted by atomic mass is 32.2. The van der Waals surface area contributed by atoms with Crippen LogP contribution in [0.2, 0.25) is 0 Å². The largest absolute Gasteiger partial charge is 0.323 e. The second-order valence-corrected chi connectivity index (χ2v) is 7.17. The molecule has 2 N–H and O–H groups in total. The molecule has 0 amide bonds. The third-order valence-corrected chi connectivity index (χ3v) is 5.74. The molecule has 0 fully saturated rings. The van der Waals surface area contributed by atoms with Crippen molar-refractivity contribution in [3.63, 3.8) is 0 Å². The van der Waals surface area contributed by atoms with Gasteiger partial charge in [-0.2, -0.15) is 0 Å². The van der Waals surface area contributed by atoms with Crippen molar-refractivity contribution in [3.05, 3.63) is 35.4 Å². The molecule has 0 radical (unpaired) electrons. The zero-order chi connectivity index (χ0) is 13.8. The van der Waals surface area contributed by atoms with E-state index in [2.05, 4.69) is 6.92 Å². The van der Waals surface area contributed by atoms with Crippen LogP contribution in [0.4, 0.5) is 0 Å². The van der Waals surface area contributed by atoms with E-state index in [1.54, 1.807) is 6.92 Å². The third-order valence-electron chi connectivity index (χ3n) is 3.33. The first-order valence-corrected chi connectivity index (χ1v) is 8.19. The van der Waals surface area contributed by atoms with E-state index < -0.39 is 21.1 Å². The number of hydrogen-bond donors (Lipinski definition) is 1. The predicted molar refractivity (Wildman–Crippen MR) is 76.3 cm³/mol. The van der Waals surface area contributed by atoms with Gasteiger partial charge < -0.3 is 5.73 Å². The van der Waals surface area contributed by atoms with E-state index in [0.29, 0.717) is 6.42 Å². The smallest absolute Gasteiger partial charge is 0.154 e. The van der Waals surface area contributed by atoms with Crippen LogP contribution < -0.4 is 5.73 Å². The van der Waals surface area contributed by atoms with Crippen molar-refractivity contribution in [2.24, 2.45) is 5.73 Å². The zero-order valence-electron chi connectivity index (χ0n) is 11.4. The topological polar surface area (TPSA) is 60.2 Å². The van der Waals surface area contributed by atoms with Crippen LogP contribution in [0.1, 0.15) is 44.4 Å². The summed E-state index contributed by atoms with van der Waals surface area (Å²) in [5.41, 5.74) is 8.19. The van der Waals surface area contributed by atoms with Gasteiger partial charge in [0.15, 0.2) is 9.84 Å². The Balaban J connectivity index is 2.89. The Labute approximate surface area is 110 Å². The monoisotopic (exact) mass is 269 g/mol. The summed E-state index contributed by atoms with van der Waals surface area (Å²) in [4.78, 5) is 0. The molecule has 18 heavy (non-hydrogen) atoms. The van der Waals surface area contributed by atoms with Gasteiger partial charge in [-0.25, -0.2) is 8.42 Å². The van der Waals surface area contributed by atoms with Gasteiger partial charge in [0.1, 0.15) is 0 Å². The summed E-state index contributed by atoms with van der Waals surface area (Å²) in [5, 5.41) is -0.537. The molecule has 0 spiro atoms. The van der Waals surface area contributed by atoms with Gasteiger partial charge in [-0.1, -0.05) is 38.1 Å². The van der Waals surface area contributed by atoms with Crippen molar-refractivity contribution < 1.29 is 8.42 Å². The maximum absolute atomic E-state index is 12.0. The molecular weight excluding hydrogens is 246 g/mol. The second kappa shape index (κ2) is 6.34. The van der Waals surface area contributed by atoms with Crippen molar-refractivity contribution in [3.8, 4) is 0 Å². The van der Waals surface area contributed by atoms with Gasteiger partial charge in [0.25, 0.3) is 0 Å². The van der Waals surface area contributed by atoms with Crippen molar-refractivity contribution in [2.45, 2.75) is 44.9 Å². The molecule has 2 atom stereocenters. The maximum atomic E-state index is 12.0. The van der Waals surface area contributed by atoms with Gasteiger partial charge >= 0.3 is 0 Å². The SMILES string of the molecule is CCCS(=O)(=O)C(C)C(N)c1ccc(CC)cc1. The minimum Gasteiger partial charge on any atom is -0.323 e. The lowest BCUT2D eigenvalue weighted by Crippen LogP contribution is -2.32. The van der Waals surface area contributed by atoms with Crippen LogP contribution in [0, 0.1) is 0 Å².